The van der Waals surface area contributed by atoms with Crippen molar-refractivity contribution in [2.45, 2.75) is 65.6 Å². The molecule has 1 unspecified atom stereocenters. The van der Waals surface area contributed by atoms with Crippen LogP contribution in [-0.2, 0) is 11.3 Å². The summed E-state index contributed by atoms with van der Waals surface area (Å²) in [4.78, 5) is 0. The predicted molar refractivity (Wildman–Crippen MR) is 79.3 cm³/mol. The molecule has 0 saturated carbocycles. The summed E-state index contributed by atoms with van der Waals surface area (Å²) in [7, 11) is 0. The van der Waals surface area contributed by atoms with E-state index in [-0.39, 0.29) is 5.60 Å². The number of nitrogens with one attached hydrogen (secondary N) is 1. The Morgan fingerprint density at radius 2 is 2.11 bits per heavy atom. The van der Waals surface area contributed by atoms with E-state index >= 15 is 0 Å². The molecule has 4 heteroatoms. The van der Waals surface area contributed by atoms with Gasteiger partial charge in [0.25, 0.3) is 0 Å². The summed E-state index contributed by atoms with van der Waals surface area (Å²) < 4.78 is 7.69. The molecule has 0 aliphatic rings. The standard InChI is InChI=1S/C15H29N3O/c1-6-8-16-14(7-2)13-11-17-18(12-13)9-10-19-15(3,4)5/h11-12,14,16H,6-10H2,1-5H3. The summed E-state index contributed by atoms with van der Waals surface area (Å²) >= 11 is 0. The molecule has 1 aromatic rings. The molecule has 0 saturated heterocycles. The Bertz CT molecular complexity index is 355. The van der Waals surface area contributed by atoms with Gasteiger partial charge in [-0.2, -0.15) is 5.10 Å². The Morgan fingerprint density at radius 1 is 1.37 bits per heavy atom. The van der Waals surface area contributed by atoms with Crippen LogP contribution in [0.25, 0.3) is 0 Å². The fraction of sp³-hybridized carbons (Fsp3) is 0.800. The lowest BCUT2D eigenvalue weighted by Gasteiger charge is -2.19. The van der Waals surface area contributed by atoms with Crippen LogP contribution >= 0.6 is 0 Å². The van der Waals surface area contributed by atoms with E-state index in [1.807, 2.05) is 10.9 Å². The van der Waals surface area contributed by atoms with Gasteiger partial charge >= 0.3 is 0 Å². The van der Waals surface area contributed by atoms with Crippen molar-refractivity contribution in [3.8, 4) is 0 Å². The molecule has 0 bridgehead atoms. The van der Waals surface area contributed by atoms with Gasteiger partial charge in [0.2, 0.25) is 0 Å². The number of hydrogen-bond donors (Lipinski definition) is 1. The smallest absolute Gasteiger partial charge is 0.0669 e. The highest BCUT2D eigenvalue weighted by Gasteiger charge is 2.12. The molecule has 1 rings (SSSR count). The molecule has 0 amide bonds. The predicted octanol–water partition coefficient (Wildman–Crippen LogP) is 3.15. The first-order valence-corrected chi connectivity index (χ1v) is 7.36. The molecule has 0 fully saturated rings. The lowest BCUT2D eigenvalue weighted by Crippen LogP contribution is -2.22. The van der Waals surface area contributed by atoms with Gasteiger partial charge < -0.3 is 10.1 Å². The zero-order valence-electron chi connectivity index (χ0n) is 13.1. The minimum Gasteiger partial charge on any atom is -0.374 e. The molecule has 0 aliphatic heterocycles. The molecular formula is C15H29N3O. The monoisotopic (exact) mass is 267 g/mol. The van der Waals surface area contributed by atoms with E-state index in [4.69, 9.17) is 4.74 Å². The molecule has 0 aromatic carbocycles. The number of rotatable bonds is 8. The molecular weight excluding hydrogens is 238 g/mol. The minimum absolute atomic E-state index is 0.0788. The van der Waals surface area contributed by atoms with Gasteiger partial charge in [-0.3, -0.25) is 4.68 Å². The van der Waals surface area contributed by atoms with Crippen molar-refractivity contribution >= 4 is 0 Å². The average Bonchev–Trinajstić information content (AvgIpc) is 2.77. The van der Waals surface area contributed by atoms with Crippen LogP contribution in [0.4, 0.5) is 0 Å². The third kappa shape index (κ3) is 6.21. The quantitative estimate of drug-likeness (QED) is 0.786. The lowest BCUT2D eigenvalue weighted by molar-refractivity contribution is -0.00790. The van der Waals surface area contributed by atoms with Crippen LogP contribution in [0, 0.1) is 0 Å². The second kappa shape index (κ2) is 7.65. The van der Waals surface area contributed by atoms with Gasteiger partial charge in [-0.15, -0.1) is 0 Å². The topological polar surface area (TPSA) is 39.1 Å². The Hall–Kier alpha value is -0.870. The first-order valence-electron chi connectivity index (χ1n) is 7.36. The van der Waals surface area contributed by atoms with E-state index in [0.29, 0.717) is 12.6 Å². The molecule has 0 aliphatic carbocycles. The van der Waals surface area contributed by atoms with E-state index < -0.39 is 0 Å². The zero-order chi connectivity index (χ0) is 14.3. The van der Waals surface area contributed by atoms with Gasteiger partial charge in [-0.05, 0) is 40.2 Å². The van der Waals surface area contributed by atoms with Crippen molar-refractivity contribution in [3.05, 3.63) is 18.0 Å². The summed E-state index contributed by atoms with van der Waals surface area (Å²) in [6.07, 6.45) is 6.34. The Balaban J connectivity index is 2.46. The van der Waals surface area contributed by atoms with Gasteiger partial charge in [0, 0.05) is 17.8 Å². The Labute approximate surface area is 117 Å². The highest BCUT2D eigenvalue weighted by molar-refractivity contribution is 5.10. The number of hydrogen-bond acceptors (Lipinski definition) is 3. The van der Waals surface area contributed by atoms with Gasteiger partial charge in [0.1, 0.15) is 0 Å². The summed E-state index contributed by atoms with van der Waals surface area (Å²) in [6, 6.07) is 0.414. The third-order valence-corrected chi connectivity index (χ3v) is 2.96. The SMILES string of the molecule is CCCNC(CC)c1cnn(CCOC(C)(C)C)c1. The van der Waals surface area contributed by atoms with Crippen LogP contribution in [0.1, 0.15) is 59.1 Å². The number of nitrogens with zero attached hydrogens (tertiary/aromatic N) is 2. The number of aromatic nitrogens is 2. The summed E-state index contributed by atoms with van der Waals surface area (Å²) in [5.41, 5.74) is 1.19. The van der Waals surface area contributed by atoms with Crippen LogP contribution in [0.5, 0.6) is 0 Å². The molecule has 0 radical (unpaired) electrons. The second-order valence-corrected chi connectivity index (χ2v) is 5.91. The van der Waals surface area contributed by atoms with Crippen LogP contribution in [0.3, 0.4) is 0 Å². The van der Waals surface area contributed by atoms with Gasteiger partial charge in [-0.25, -0.2) is 0 Å². The fourth-order valence-electron chi connectivity index (χ4n) is 1.94. The van der Waals surface area contributed by atoms with Crippen LogP contribution in [0.15, 0.2) is 12.4 Å². The van der Waals surface area contributed by atoms with Crippen molar-refractivity contribution < 1.29 is 4.74 Å². The van der Waals surface area contributed by atoms with E-state index in [0.717, 1.165) is 25.9 Å². The summed E-state index contributed by atoms with van der Waals surface area (Å²) in [5.74, 6) is 0. The highest BCUT2D eigenvalue weighted by Crippen LogP contribution is 2.15. The first kappa shape index (κ1) is 16.2. The molecule has 110 valence electrons. The minimum atomic E-state index is -0.0788. The third-order valence-electron chi connectivity index (χ3n) is 2.96. The van der Waals surface area contributed by atoms with Crippen molar-refractivity contribution in [1.29, 1.82) is 0 Å². The van der Waals surface area contributed by atoms with Crippen LogP contribution in [-0.4, -0.2) is 28.5 Å². The fourth-order valence-corrected chi connectivity index (χ4v) is 1.94. The molecule has 1 atom stereocenters. The van der Waals surface area contributed by atoms with E-state index in [2.05, 4.69) is 51.2 Å². The average molecular weight is 267 g/mol. The highest BCUT2D eigenvalue weighted by atomic mass is 16.5. The van der Waals surface area contributed by atoms with Crippen molar-refractivity contribution in [2.75, 3.05) is 13.2 Å². The van der Waals surface area contributed by atoms with Gasteiger partial charge in [0.15, 0.2) is 0 Å². The molecule has 4 nitrogen and oxygen atoms in total. The zero-order valence-corrected chi connectivity index (χ0v) is 13.1. The maximum atomic E-state index is 5.72. The second-order valence-electron chi connectivity index (χ2n) is 5.91. The van der Waals surface area contributed by atoms with Crippen molar-refractivity contribution in [3.63, 3.8) is 0 Å². The Morgan fingerprint density at radius 3 is 2.68 bits per heavy atom. The van der Waals surface area contributed by atoms with E-state index in [9.17, 15) is 0 Å². The maximum Gasteiger partial charge on any atom is 0.0669 e. The largest absolute Gasteiger partial charge is 0.374 e. The summed E-state index contributed by atoms with van der Waals surface area (Å²) in [5, 5.41) is 7.95. The summed E-state index contributed by atoms with van der Waals surface area (Å²) in [6.45, 7) is 13.2. The Kier molecular flexibility index (Phi) is 6.52. The van der Waals surface area contributed by atoms with Gasteiger partial charge in [0.05, 0.1) is 24.9 Å². The van der Waals surface area contributed by atoms with Crippen molar-refractivity contribution in [2.24, 2.45) is 0 Å². The molecule has 1 aromatic heterocycles. The lowest BCUT2D eigenvalue weighted by atomic mass is 10.1. The molecule has 19 heavy (non-hydrogen) atoms. The molecule has 1 N–H and O–H groups in total. The number of ether oxygens (including phenoxy) is 1. The van der Waals surface area contributed by atoms with Gasteiger partial charge in [-0.1, -0.05) is 13.8 Å². The van der Waals surface area contributed by atoms with E-state index in [1.165, 1.54) is 5.56 Å². The molecule has 1 heterocycles. The van der Waals surface area contributed by atoms with Crippen molar-refractivity contribution in [1.82, 2.24) is 15.1 Å². The normalized spacial score (nSPS) is 13.7. The molecule has 0 spiro atoms. The first-order chi connectivity index (χ1) is 8.96. The van der Waals surface area contributed by atoms with E-state index in [1.54, 1.807) is 0 Å². The van der Waals surface area contributed by atoms with Crippen LogP contribution < -0.4 is 5.32 Å². The van der Waals surface area contributed by atoms with Crippen LogP contribution in [0.2, 0.25) is 0 Å². The maximum absolute atomic E-state index is 5.72.